The zero-order valence-corrected chi connectivity index (χ0v) is 18.1. The number of hydrogen-bond acceptors (Lipinski definition) is 1. The van der Waals surface area contributed by atoms with Crippen LogP contribution in [-0.4, -0.2) is 6.16 Å². The Hall–Kier alpha value is -0.370. The van der Waals surface area contributed by atoms with Gasteiger partial charge in [0.15, 0.2) is 0 Å². The van der Waals surface area contributed by atoms with Crippen molar-refractivity contribution in [1.29, 1.82) is 0 Å². The first kappa shape index (κ1) is 18.4. The summed E-state index contributed by atoms with van der Waals surface area (Å²) in [5, 5.41) is 2.08. The zero-order chi connectivity index (χ0) is 17.2. The highest BCUT2D eigenvalue weighted by atomic mass is 79.9. The lowest BCUT2D eigenvalue weighted by atomic mass is 10.1. The molecule has 0 saturated heterocycles. The first-order valence-corrected chi connectivity index (χ1v) is 12.2. The van der Waals surface area contributed by atoms with Crippen LogP contribution >= 0.6 is 39.0 Å². The fourth-order valence-electron chi connectivity index (χ4n) is 3.55. The van der Waals surface area contributed by atoms with E-state index in [4.69, 9.17) is 0 Å². The number of benzene rings is 2. The van der Waals surface area contributed by atoms with Crippen molar-refractivity contribution in [3.8, 4) is 11.1 Å². The molecule has 3 rings (SSSR count). The van der Waals surface area contributed by atoms with E-state index in [1.54, 1.807) is 0 Å². The molecule has 1 nitrogen and oxygen atoms in total. The molecule has 0 aromatic heterocycles. The van der Waals surface area contributed by atoms with Crippen molar-refractivity contribution in [3.05, 3.63) is 45.3 Å². The summed E-state index contributed by atoms with van der Waals surface area (Å²) >= 11 is 7.11. The molecule has 0 spiro atoms. The number of fused-ring (bicyclic) bond motifs is 3. The normalized spacial score (nSPS) is 14.5. The lowest BCUT2D eigenvalue weighted by Gasteiger charge is -2.15. The largest absolute Gasteiger partial charge is 0.314 e. The molecule has 1 heterocycles. The summed E-state index contributed by atoms with van der Waals surface area (Å²) in [7, 11) is -2.52. The average molecular weight is 470 g/mol. The number of hydrogen-bond donors (Lipinski definition) is 0. The molecule has 1 aliphatic heterocycles. The van der Waals surface area contributed by atoms with Crippen LogP contribution < -0.4 is 10.6 Å². The highest BCUT2D eigenvalue weighted by molar-refractivity contribution is 9.10. The van der Waals surface area contributed by atoms with Gasteiger partial charge in [-0.25, -0.2) is 0 Å². The standard InChI is InChI=1S/C20H23Br2OP/c1-2-3-4-5-6-7-12-24(23)19-13-15(21)8-10-17(19)18-11-9-16(22)14-20(18)24/h8-11,13-14H,2-7,12H2,1H3. The van der Waals surface area contributed by atoms with Crippen LogP contribution in [0.4, 0.5) is 0 Å². The molecule has 0 aliphatic carbocycles. The molecule has 0 radical (unpaired) electrons. The summed E-state index contributed by atoms with van der Waals surface area (Å²) in [5.41, 5.74) is 2.30. The quantitative estimate of drug-likeness (QED) is 0.319. The zero-order valence-electron chi connectivity index (χ0n) is 14.0. The van der Waals surface area contributed by atoms with Gasteiger partial charge in [-0.2, -0.15) is 0 Å². The van der Waals surface area contributed by atoms with E-state index in [-0.39, 0.29) is 0 Å². The van der Waals surface area contributed by atoms with Crippen molar-refractivity contribution < 1.29 is 4.57 Å². The maximum absolute atomic E-state index is 14.0. The van der Waals surface area contributed by atoms with E-state index in [1.807, 2.05) is 12.1 Å². The predicted molar refractivity (Wildman–Crippen MR) is 112 cm³/mol. The van der Waals surface area contributed by atoms with Gasteiger partial charge in [0, 0.05) is 25.7 Å². The lowest BCUT2D eigenvalue weighted by Crippen LogP contribution is -2.13. The summed E-state index contributed by atoms with van der Waals surface area (Å²) in [4.78, 5) is 0. The van der Waals surface area contributed by atoms with E-state index in [0.717, 1.165) is 43.3 Å². The van der Waals surface area contributed by atoms with Crippen LogP contribution in [0.5, 0.6) is 0 Å². The van der Waals surface area contributed by atoms with Crippen molar-refractivity contribution >= 4 is 49.6 Å². The molecule has 0 bridgehead atoms. The summed E-state index contributed by atoms with van der Waals surface area (Å²) in [5.74, 6) is 0. The average Bonchev–Trinajstić information content (AvgIpc) is 2.80. The van der Waals surface area contributed by atoms with Gasteiger partial charge in [-0.1, -0.05) is 83.0 Å². The molecule has 0 N–H and O–H groups in total. The molecule has 2 aromatic carbocycles. The second-order valence-corrected chi connectivity index (χ2v) is 11.3. The third-order valence-corrected chi connectivity index (χ3v) is 9.04. The third-order valence-electron chi connectivity index (χ3n) is 4.81. The fourth-order valence-corrected chi connectivity index (χ4v) is 7.90. The molecule has 0 unspecified atom stereocenters. The SMILES string of the molecule is CCCCCCCCP1(=O)c2cc(Br)ccc2-c2ccc(Br)cc21. The van der Waals surface area contributed by atoms with Gasteiger partial charge in [-0.05, 0) is 41.8 Å². The lowest BCUT2D eigenvalue weighted by molar-refractivity contribution is 0.580. The monoisotopic (exact) mass is 468 g/mol. The van der Waals surface area contributed by atoms with Gasteiger partial charge in [0.2, 0.25) is 0 Å². The summed E-state index contributed by atoms with van der Waals surface area (Å²) in [6.45, 7) is 2.24. The molecule has 1 aliphatic rings. The van der Waals surface area contributed by atoms with Gasteiger partial charge < -0.3 is 4.57 Å². The van der Waals surface area contributed by atoms with Gasteiger partial charge in [0.05, 0.1) is 0 Å². The first-order valence-electron chi connectivity index (χ1n) is 8.76. The van der Waals surface area contributed by atoms with Gasteiger partial charge in [0.25, 0.3) is 0 Å². The maximum Gasteiger partial charge on any atom is 0.144 e. The van der Waals surface area contributed by atoms with Gasteiger partial charge >= 0.3 is 0 Å². The van der Waals surface area contributed by atoms with Gasteiger partial charge in [-0.15, -0.1) is 0 Å². The third kappa shape index (κ3) is 3.59. The minimum atomic E-state index is -2.52. The van der Waals surface area contributed by atoms with Crippen LogP contribution in [0.2, 0.25) is 0 Å². The minimum absolute atomic E-state index is 0.784. The van der Waals surface area contributed by atoms with Gasteiger partial charge in [0.1, 0.15) is 7.14 Å². The molecule has 0 amide bonds. The Labute approximate surface area is 161 Å². The fraction of sp³-hybridized carbons (Fsp3) is 0.400. The molecule has 24 heavy (non-hydrogen) atoms. The molecular weight excluding hydrogens is 447 g/mol. The molecule has 4 heteroatoms. The topological polar surface area (TPSA) is 17.1 Å². The van der Waals surface area contributed by atoms with Crippen LogP contribution in [-0.2, 0) is 4.57 Å². The maximum atomic E-state index is 14.0. The van der Waals surface area contributed by atoms with Gasteiger partial charge in [-0.3, -0.25) is 0 Å². The molecular formula is C20H23Br2OP. The Morgan fingerprint density at radius 3 is 1.83 bits per heavy atom. The van der Waals surface area contributed by atoms with E-state index in [0.29, 0.717) is 0 Å². The van der Waals surface area contributed by atoms with Crippen LogP contribution in [0.25, 0.3) is 11.1 Å². The molecule has 0 atom stereocenters. The van der Waals surface area contributed by atoms with Crippen LogP contribution in [0.15, 0.2) is 45.3 Å². The first-order chi connectivity index (χ1) is 11.6. The number of halogens is 2. The second kappa shape index (κ2) is 7.89. The van der Waals surface area contributed by atoms with Crippen LogP contribution in [0, 0.1) is 0 Å². The number of rotatable bonds is 7. The van der Waals surface area contributed by atoms with Crippen molar-refractivity contribution in [1.82, 2.24) is 0 Å². The van der Waals surface area contributed by atoms with Crippen LogP contribution in [0.1, 0.15) is 45.4 Å². The predicted octanol–water partition coefficient (Wildman–Crippen LogP) is 6.87. The molecule has 0 saturated carbocycles. The highest BCUT2D eigenvalue weighted by Gasteiger charge is 2.38. The highest BCUT2D eigenvalue weighted by Crippen LogP contribution is 2.54. The van der Waals surface area contributed by atoms with Crippen molar-refractivity contribution in [2.75, 3.05) is 6.16 Å². The molecule has 128 valence electrons. The van der Waals surface area contributed by atoms with E-state index in [1.165, 1.54) is 32.1 Å². The van der Waals surface area contributed by atoms with E-state index >= 15 is 0 Å². The Kier molecular flexibility index (Phi) is 6.06. The Morgan fingerprint density at radius 2 is 1.29 bits per heavy atom. The Morgan fingerprint density at radius 1 is 0.792 bits per heavy atom. The Balaban J connectivity index is 1.87. The van der Waals surface area contributed by atoms with Crippen LogP contribution in [0.3, 0.4) is 0 Å². The minimum Gasteiger partial charge on any atom is -0.314 e. The number of unbranched alkanes of at least 4 members (excludes halogenated alkanes) is 5. The molecule has 2 aromatic rings. The summed E-state index contributed by atoms with van der Waals surface area (Å²) < 4.78 is 16.0. The van der Waals surface area contributed by atoms with Crippen molar-refractivity contribution in [3.63, 3.8) is 0 Å². The molecule has 0 fully saturated rings. The van der Waals surface area contributed by atoms with Crippen molar-refractivity contribution in [2.24, 2.45) is 0 Å². The Bertz CT molecular complexity index is 730. The van der Waals surface area contributed by atoms with Crippen molar-refractivity contribution in [2.45, 2.75) is 45.4 Å². The van der Waals surface area contributed by atoms with E-state index < -0.39 is 7.14 Å². The van der Waals surface area contributed by atoms with E-state index in [9.17, 15) is 4.57 Å². The summed E-state index contributed by atoms with van der Waals surface area (Å²) in [6, 6.07) is 12.4. The smallest absolute Gasteiger partial charge is 0.144 e. The van der Waals surface area contributed by atoms with E-state index in [2.05, 4.69) is 63.0 Å². The second-order valence-electron chi connectivity index (χ2n) is 6.55. The summed E-state index contributed by atoms with van der Waals surface area (Å²) in [6.07, 6.45) is 8.13.